The summed E-state index contributed by atoms with van der Waals surface area (Å²) in [6.45, 7) is 0.891. The van der Waals surface area contributed by atoms with Crippen LogP contribution < -0.4 is 11.1 Å². The van der Waals surface area contributed by atoms with Crippen LogP contribution in [0.25, 0.3) is 0 Å². The first-order valence-corrected chi connectivity index (χ1v) is 8.25. The standard InChI is InChI=1S/C16H22BrFN2O.ClH/c17-14-5-4-13(18)8-12(14)10-20-15(21)9-16(11-19)6-2-1-3-7-16;/h4-5,8H,1-3,6-7,9-11,19H2,(H,20,21);1H. The Balaban J connectivity index is 0.00000242. The molecule has 1 aromatic carbocycles. The predicted molar refractivity (Wildman–Crippen MR) is 92.4 cm³/mol. The predicted octanol–water partition coefficient (Wildman–Crippen LogP) is 3.93. The summed E-state index contributed by atoms with van der Waals surface area (Å²) in [7, 11) is 0. The molecule has 0 heterocycles. The fourth-order valence-electron chi connectivity index (χ4n) is 3.03. The molecule has 1 amide bonds. The van der Waals surface area contributed by atoms with Crippen LogP contribution in [0.5, 0.6) is 0 Å². The van der Waals surface area contributed by atoms with Gasteiger partial charge >= 0.3 is 0 Å². The summed E-state index contributed by atoms with van der Waals surface area (Å²) < 4.78 is 14.0. The number of carbonyl (C=O) groups is 1. The smallest absolute Gasteiger partial charge is 0.220 e. The number of hydrogen-bond acceptors (Lipinski definition) is 2. The Morgan fingerprint density at radius 3 is 2.64 bits per heavy atom. The molecule has 22 heavy (non-hydrogen) atoms. The molecule has 0 saturated heterocycles. The van der Waals surface area contributed by atoms with Crippen LogP contribution in [-0.4, -0.2) is 12.5 Å². The van der Waals surface area contributed by atoms with Crippen molar-refractivity contribution in [3.8, 4) is 0 Å². The molecule has 0 atom stereocenters. The summed E-state index contributed by atoms with van der Waals surface area (Å²) in [5.41, 5.74) is 6.60. The van der Waals surface area contributed by atoms with Crippen LogP contribution in [0.1, 0.15) is 44.1 Å². The lowest BCUT2D eigenvalue weighted by Gasteiger charge is -2.35. The van der Waals surface area contributed by atoms with Crippen molar-refractivity contribution in [1.29, 1.82) is 0 Å². The maximum atomic E-state index is 13.2. The number of nitrogens with two attached hydrogens (primary N) is 1. The minimum Gasteiger partial charge on any atom is -0.352 e. The number of halogens is 3. The molecule has 3 N–H and O–H groups in total. The van der Waals surface area contributed by atoms with Crippen LogP contribution in [0.4, 0.5) is 4.39 Å². The van der Waals surface area contributed by atoms with E-state index < -0.39 is 0 Å². The van der Waals surface area contributed by atoms with Gasteiger partial charge in [0.25, 0.3) is 0 Å². The molecule has 1 aromatic rings. The van der Waals surface area contributed by atoms with Gasteiger partial charge in [-0.05, 0) is 48.6 Å². The van der Waals surface area contributed by atoms with Crippen LogP contribution in [0.3, 0.4) is 0 Å². The maximum absolute atomic E-state index is 13.2. The first-order valence-electron chi connectivity index (χ1n) is 7.45. The Hall–Kier alpha value is -0.650. The maximum Gasteiger partial charge on any atom is 0.220 e. The number of carbonyl (C=O) groups excluding carboxylic acids is 1. The van der Waals surface area contributed by atoms with Crippen molar-refractivity contribution in [1.82, 2.24) is 5.32 Å². The van der Waals surface area contributed by atoms with E-state index in [1.807, 2.05) is 0 Å². The van der Waals surface area contributed by atoms with Crippen molar-refractivity contribution >= 4 is 34.2 Å². The van der Waals surface area contributed by atoms with Crippen LogP contribution in [0, 0.1) is 11.2 Å². The highest BCUT2D eigenvalue weighted by Gasteiger charge is 2.32. The summed E-state index contributed by atoms with van der Waals surface area (Å²) in [6.07, 6.45) is 6.07. The molecular formula is C16H23BrClFN2O. The third-order valence-electron chi connectivity index (χ3n) is 4.37. The Morgan fingerprint density at radius 1 is 1.32 bits per heavy atom. The van der Waals surface area contributed by atoms with Gasteiger partial charge in [-0.15, -0.1) is 12.4 Å². The van der Waals surface area contributed by atoms with E-state index >= 15 is 0 Å². The second-order valence-corrected chi connectivity index (χ2v) is 6.81. The van der Waals surface area contributed by atoms with Gasteiger partial charge in [-0.1, -0.05) is 35.2 Å². The fraction of sp³-hybridized carbons (Fsp3) is 0.562. The highest BCUT2D eigenvalue weighted by molar-refractivity contribution is 9.10. The van der Waals surface area contributed by atoms with E-state index in [1.165, 1.54) is 18.6 Å². The minimum atomic E-state index is -0.298. The van der Waals surface area contributed by atoms with Gasteiger partial charge in [0.1, 0.15) is 5.82 Å². The third kappa shape index (κ3) is 5.21. The van der Waals surface area contributed by atoms with Gasteiger partial charge in [0.2, 0.25) is 5.91 Å². The Kier molecular flexibility index (Phi) is 7.80. The highest BCUT2D eigenvalue weighted by atomic mass is 79.9. The van der Waals surface area contributed by atoms with Crippen molar-refractivity contribution in [2.24, 2.45) is 11.1 Å². The van der Waals surface area contributed by atoms with Gasteiger partial charge in [-0.3, -0.25) is 4.79 Å². The van der Waals surface area contributed by atoms with Gasteiger partial charge in [-0.25, -0.2) is 4.39 Å². The molecule has 2 rings (SSSR count). The first-order chi connectivity index (χ1) is 10.0. The lowest BCUT2D eigenvalue weighted by atomic mass is 9.71. The number of hydrogen-bond donors (Lipinski definition) is 2. The second-order valence-electron chi connectivity index (χ2n) is 5.95. The average molecular weight is 394 g/mol. The van der Waals surface area contributed by atoms with Gasteiger partial charge < -0.3 is 11.1 Å². The van der Waals surface area contributed by atoms with Crippen LogP contribution in [0.2, 0.25) is 0 Å². The Morgan fingerprint density at radius 2 is 2.00 bits per heavy atom. The Labute approximate surface area is 145 Å². The van der Waals surface area contributed by atoms with Crippen molar-refractivity contribution in [3.63, 3.8) is 0 Å². The number of nitrogens with one attached hydrogen (secondary N) is 1. The fourth-order valence-corrected chi connectivity index (χ4v) is 3.42. The zero-order valence-electron chi connectivity index (χ0n) is 12.5. The van der Waals surface area contributed by atoms with Crippen molar-refractivity contribution in [2.75, 3.05) is 6.54 Å². The van der Waals surface area contributed by atoms with E-state index in [4.69, 9.17) is 5.73 Å². The molecule has 0 unspecified atom stereocenters. The summed E-state index contributed by atoms with van der Waals surface area (Å²) in [5, 5.41) is 2.88. The first kappa shape index (κ1) is 19.4. The zero-order valence-corrected chi connectivity index (χ0v) is 14.9. The monoisotopic (exact) mass is 392 g/mol. The average Bonchev–Trinajstić information content (AvgIpc) is 2.49. The van der Waals surface area contributed by atoms with Gasteiger partial charge in [0, 0.05) is 17.4 Å². The zero-order chi connectivity index (χ0) is 15.3. The number of benzene rings is 1. The van der Waals surface area contributed by atoms with E-state index in [0.29, 0.717) is 19.5 Å². The lowest BCUT2D eigenvalue weighted by Crippen LogP contribution is -2.38. The molecule has 0 aliphatic heterocycles. The van der Waals surface area contributed by atoms with E-state index in [-0.39, 0.29) is 29.5 Å². The Bertz CT molecular complexity index is 507. The van der Waals surface area contributed by atoms with Crippen molar-refractivity contribution < 1.29 is 9.18 Å². The molecule has 1 saturated carbocycles. The van der Waals surface area contributed by atoms with E-state index in [2.05, 4.69) is 21.2 Å². The third-order valence-corrected chi connectivity index (χ3v) is 5.14. The van der Waals surface area contributed by atoms with Gasteiger partial charge in [0.05, 0.1) is 0 Å². The van der Waals surface area contributed by atoms with Crippen molar-refractivity contribution in [3.05, 3.63) is 34.1 Å². The van der Waals surface area contributed by atoms with Gasteiger partial charge in [0.15, 0.2) is 0 Å². The minimum absolute atomic E-state index is 0. The topological polar surface area (TPSA) is 55.1 Å². The van der Waals surface area contributed by atoms with E-state index in [0.717, 1.165) is 35.7 Å². The summed E-state index contributed by atoms with van der Waals surface area (Å²) in [5.74, 6) is -0.299. The second kappa shape index (κ2) is 8.85. The van der Waals surface area contributed by atoms with Crippen LogP contribution in [0.15, 0.2) is 22.7 Å². The molecular weight excluding hydrogens is 371 g/mol. The van der Waals surface area contributed by atoms with Gasteiger partial charge in [-0.2, -0.15) is 0 Å². The molecule has 3 nitrogen and oxygen atoms in total. The van der Waals surface area contributed by atoms with Crippen LogP contribution >= 0.6 is 28.3 Å². The summed E-state index contributed by atoms with van der Waals surface area (Å²) in [6, 6.07) is 4.48. The lowest BCUT2D eigenvalue weighted by molar-refractivity contribution is -0.124. The number of amides is 1. The molecule has 124 valence electrons. The number of rotatable bonds is 5. The van der Waals surface area contributed by atoms with Crippen molar-refractivity contribution in [2.45, 2.75) is 45.1 Å². The summed E-state index contributed by atoms with van der Waals surface area (Å²) in [4.78, 5) is 12.2. The van der Waals surface area contributed by atoms with E-state index in [9.17, 15) is 9.18 Å². The quantitative estimate of drug-likeness (QED) is 0.796. The SMILES string of the molecule is Cl.NCC1(CC(=O)NCc2cc(F)ccc2Br)CCCCC1. The highest BCUT2D eigenvalue weighted by Crippen LogP contribution is 2.38. The summed E-state index contributed by atoms with van der Waals surface area (Å²) >= 11 is 3.37. The molecule has 0 bridgehead atoms. The molecule has 0 radical (unpaired) electrons. The molecule has 0 aromatic heterocycles. The largest absolute Gasteiger partial charge is 0.352 e. The molecule has 1 fully saturated rings. The molecule has 1 aliphatic carbocycles. The molecule has 6 heteroatoms. The normalized spacial score (nSPS) is 16.7. The molecule has 1 aliphatic rings. The molecule has 0 spiro atoms. The van der Waals surface area contributed by atoms with Crippen LogP contribution in [-0.2, 0) is 11.3 Å². The van der Waals surface area contributed by atoms with E-state index in [1.54, 1.807) is 6.07 Å².